The zero-order chi connectivity index (χ0) is 24.1. The van der Waals surface area contributed by atoms with Crippen molar-refractivity contribution in [2.24, 2.45) is 28.1 Å². The SMILES string of the molecule is CC(C)CC(NC(=O)C(NC(=O)CNC(=O)C(N)CCCN=C(N)N)C(C)O)C(=O)O. The molecule has 11 N–H and O–H groups in total. The van der Waals surface area contributed by atoms with Gasteiger partial charge in [-0.1, -0.05) is 13.8 Å². The first-order valence-electron chi connectivity index (χ1n) is 9.94. The first-order chi connectivity index (χ1) is 14.3. The van der Waals surface area contributed by atoms with Crippen LogP contribution in [0.2, 0.25) is 0 Å². The lowest BCUT2D eigenvalue weighted by Gasteiger charge is -2.24. The molecular weight excluding hydrogens is 410 g/mol. The van der Waals surface area contributed by atoms with Crippen LogP contribution in [0.5, 0.6) is 0 Å². The van der Waals surface area contributed by atoms with E-state index in [1.165, 1.54) is 6.92 Å². The molecule has 3 amide bonds. The summed E-state index contributed by atoms with van der Waals surface area (Å²) in [6.45, 7) is 4.69. The average molecular weight is 446 g/mol. The van der Waals surface area contributed by atoms with Gasteiger partial charge in [-0.15, -0.1) is 0 Å². The molecule has 0 spiro atoms. The molecule has 13 nitrogen and oxygen atoms in total. The molecule has 0 bridgehead atoms. The van der Waals surface area contributed by atoms with Crippen molar-refractivity contribution in [3.8, 4) is 0 Å². The van der Waals surface area contributed by atoms with Gasteiger partial charge in [-0.25, -0.2) is 4.79 Å². The molecule has 0 aliphatic rings. The number of hydrogen-bond acceptors (Lipinski definition) is 7. The summed E-state index contributed by atoms with van der Waals surface area (Å²) in [6, 6.07) is -3.45. The third-order valence-corrected chi connectivity index (χ3v) is 4.13. The monoisotopic (exact) mass is 445 g/mol. The normalized spacial score (nSPS) is 14.6. The molecule has 0 aromatic carbocycles. The number of nitrogens with one attached hydrogen (secondary N) is 3. The molecule has 0 saturated carbocycles. The van der Waals surface area contributed by atoms with Gasteiger partial charge in [0.15, 0.2) is 5.96 Å². The van der Waals surface area contributed by atoms with Crippen LogP contribution < -0.4 is 33.2 Å². The number of rotatable bonds is 14. The fraction of sp³-hybridized carbons (Fsp3) is 0.722. The lowest BCUT2D eigenvalue weighted by molar-refractivity contribution is -0.143. The molecule has 0 aromatic rings. The molecule has 0 saturated heterocycles. The van der Waals surface area contributed by atoms with Crippen LogP contribution >= 0.6 is 0 Å². The van der Waals surface area contributed by atoms with Crippen LogP contribution in [0, 0.1) is 5.92 Å². The Bertz CT molecular complexity index is 649. The fourth-order valence-electron chi connectivity index (χ4n) is 2.53. The molecule has 0 aliphatic carbocycles. The molecule has 13 heteroatoms. The number of amides is 3. The van der Waals surface area contributed by atoms with Gasteiger partial charge in [-0.05, 0) is 32.1 Å². The maximum absolute atomic E-state index is 12.4. The summed E-state index contributed by atoms with van der Waals surface area (Å²) < 4.78 is 0. The third-order valence-electron chi connectivity index (χ3n) is 4.13. The van der Waals surface area contributed by atoms with Crippen LogP contribution in [0.15, 0.2) is 4.99 Å². The number of carboxylic acids is 1. The van der Waals surface area contributed by atoms with Crippen molar-refractivity contribution in [3.05, 3.63) is 0 Å². The summed E-state index contributed by atoms with van der Waals surface area (Å²) in [5.74, 6) is -3.47. The topological polar surface area (TPSA) is 235 Å². The standard InChI is InChI=1S/C18H35N7O6/c1-9(2)7-12(17(30)31)24-16(29)14(10(3)26)25-13(27)8-23-15(28)11(19)5-4-6-22-18(20)21/h9-12,14,26H,4-8,19H2,1-3H3,(H,23,28)(H,24,29)(H,25,27)(H,30,31)(H4,20,21,22). The van der Waals surface area contributed by atoms with Crippen LogP contribution in [0.25, 0.3) is 0 Å². The Morgan fingerprint density at radius 3 is 2.13 bits per heavy atom. The van der Waals surface area contributed by atoms with Gasteiger partial charge in [0.2, 0.25) is 17.7 Å². The Hall–Kier alpha value is -2.93. The van der Waals surface area contributed by atoms with Gasteiger partial charge in [0, 0.05) is 6.54 Å². The van der Waals surface area contributed by atoms with Crippen LogP contribution in [-0.2, 0) is 19.2 Å². The number of nitrogens with zero attached hydrogens (tertiary/aromatic N) is 1. The predicted molar refractivity (Wildman–Crippen MR) is 114 cm³/mol. The molecular formula is C18H35N7O6. The molecule has 4 atom stereocenters. The number of guanidine groups is 1. The number of aliphatic hydroxyl groups excluding tert-OH is 1. The van der Waals surface area contributed by atoms with E-state index in [0.29, 0.717) is 13.0 Å². The molecule has 0 aromatic heterocycles. The van der Waals surface area contributed by atoms with E-state index in [1.54, 1.807) is 13.8 Å². The lowest BCUT2D eigenvalue weighted by Crippen LogP contribution is -2.57. The number of carbonyl (C=O) groups excluding carboxylic acids is 3. The Labute approximate surface area is 181 Å². The van der Waals surface area contributed by atoms with Crippen molar-refractivity contribution < 1.29 is 29.4 Å². The van der Waals surface area contributed by atoms with Gasteiger partial charge in [0.05, 0.1) is 18.7 Å². The summed E-state index contributed by atoms with van der Waals surface area (Å²) in [5, 5.41) is 26.0. The maximum atomic E-state index is 12.4. The summed E-state index contributed by atoms with van der Waals surface area (Å²) >= 11 is 0. The summed E-state index contributed by atoms with van der Waals surface area (Å²) in [6.07, 6.45) is -0.371. The number of aliphatic hydroxyl groups is 1. The minimum absolute atomic E-state index is 0.000113. The molecule has 0 rings (SSSR count). The molecule has 0 radical (unpaired) electrons. The van der Waals surface area contributed by atoms with Gasteiger partial charge in [-0.2, -0.15) is 0 Å². The minimum atomic E-state index is -1.40. The minimum Gasteiger partial charge on any atom is -0.480 e. The van der Waals surface area contributed by atoms with Crippen LogP contribution in [0.1, 0.15) is 40.0 Å². The third kappa shape index (κ3) is 12.4. The Morgan fingerprint density at radius 2 is 1.65 bits per heavy atom. The van der Waals surface area contributed by atoms with Crippen molar-refractivity contribution in [2.45, 2.75) is 64.3 Å². The first-order valence-corrected chi connectivity index (χ1v) is 9.94. The Morgan fingerprint density at radius 1 is 1.03 bits per heavy atom. The number of aliphatic carboxylic acids is 1. The highest BCUT2D eigenvalue weighted by Crippen LogP contribution is 2.06. The van der Waals surface area contributed by atoms with Gasteiger partial charge in [-0.3, -0.25) is 19.4 Å². The van der Waals surface area contributed by atoms with Crippen molar-refractivity contribution in [3.63, 3.8) is 0 Å². The summed E-state index contributed by atoms with van der Waals surface area (Å²) in [7, 11) is 0. The highest BCUT2D eigenvalue weighted by Gasteiger charge is 2.30. The number of hydrogen-bond donors (Lipinski definition) is 8. The molecule has 0 heterocycles. The van der Waals surface area contributed by atoms with Crippen LogP contribution in [0.4, 0.5) is 0 Å². The van der Waals surface area contributed by atoms with Crippen molar-refractivity contribution in [1.82, 2.24) is 16.0 Å². The fourth-order valence-corrected chi connectivity index (χ4v) is 2.53. The van der Waals surface area contributed by atoms with Crippen molar-refractivity contribution >= 4 is 29.7 Å². The lowest BCUT2D eigenvalue weighted by atomic mass is 10.0. The highest BCUT2D eigenvalue weighted by atomic mass is 16.4. The van der Waals surface area contributed by atoms with E-state index >= 15 is 0 Å². The van der Waals surface area contributed by atoms with E-state index < -0.39 is 54.5 Å². The Balaban J connectivity index is 4.67. The number of carboxylic acid groups (broad SMARTS) is 1. The number of carbonyl (C=O) groups is 4. The maximum Gasteiger partial charge on any atom is 0.326 e. The molecule has 0 fully saturated rings. The van der Waals surface area contributed by atoms with Crippen molar-refractivity contribution in [2.75, 3.05) is 13.1 Å². The highest BCUT2D eigenvalue weighted by molar-refractivity contribution is 5.92. The van der Waals surface area contributed by atoms with Gasteiger partial charge < -0.3 is 43.4 Å². The smallest absolute Gasteiger partial charge is 0.326 e. The van der Waals surface area contributed by atoms with Gasteiger partial charge >= 0.3 is 5.97 Å². The first kappa shape index (κ1) is 28.1. The van der Waals surface area contributed by atoms with Gasteiger partial charge in [0.25, 0.3) is 0 Å². The summed E-state index contributed by atoms with van der Waals surface area (Å²) in [4.78, 5) is 51.5. The average Bonchev–Trinajstić information content (AvgIpc) is 2.65. The van der Waals surface area contributed by atoms with E-state index in [4.69, 9.17) is 17.2 Å². The summed E-state index contributed by atoms with van der Waals surface area (Å²) in [5.41, 5.74) is 16.1. The Kier molecular flexibility index (Phi) is 12.8. The van der Waals surface area contributed by atoms with Gasteiger partial charge in [0.1, 0.15) is 12.1 Å². The van der Waals surface area contributed by atoms with Crippen molar-refractivity contribution in [1.29, 1.82) is 0 Å². The largest absolute Gasteiger partial charge is 0.480 e. The second-order valence-corrected chi connectivity index (χ2v) is 7.59. The zero-order valence-electron chi connectivity index (χ0n) is 18.1. The molecule has 178 valence electrons. The quantitative estimate of drug-likeness (QED) is 0.0769. The van der Waals surface area contributed by atoms with E-state index in [1.807, 2.05) is 0 Å². The molecule has 0 aliphatic heterocycles. The molecule has 4 unspecified atom stereocenters. The van der Waals surface area contributed by atoms with Crippen LogP contribution in [-0.4, -0.2) is 77.2 Å². The number of nitrogens with two attached hydrogens (primary N) is 3. The number of aliphatic imine (C=N–C) groups is 1. The van der Waals surface area contributed by atoms with E-state index in [0.717, 1.165) is 0 Å². The van der Waals surface area contributed by atoms with Crippen LogP contribution in [0.3, 0.4) is 0 Å². The van der Waals surface area contributed by atoms with E-state index in [2.05, 4.69) is 20.9 Å². The molecule has 31 heavy (non-hydrogen) atoms. The predicted octanol–water partition coefficient (Wildman–Crippen LogP) is -3.04. The van der Waals surface area contributed by atoms with E-state index in [-0.39, 0.29) is 24.7 Å². The zero-order valence-corrected chi connectivity index (χ0v) is 18.1. The van der Waals surface area contributed by atoms with E-state index in [9.17, 15) is 29.4 Å². The second kappa shape index (κ2) is 14.1. The second-order valence-electron chi connectivity index (χ2n) is 7.59.